The van der Waals surface area contributed by atoms with E-state index in [1.807, 2.05) is 0 Å². The van der Waals surface area contributed by atoms with Crippen molar-refractivity contribution in [2.24, 2.45) is 23.2 Å². The molecule has 28 heavy (non-hydrogen) atoms. The van der Waals surface area contributed by atoms with E-state index in [9.17, 15) is 4.79 Å². The molecule has 0 aromatic heterocycles. The standard InChI is InChI=1S/C22H30N2O3S/c1-13(22-10-14-7-15(11-22)9-16(8-14)12-22)23-21(28)24-20(25)19-17(26-2)5-4-6-18(19)27-3/h4-6,13-16H,7-12H2,1-3H3,(H2,23,24,25,28)/t13-,14?,15?,16?,22?/m0/s1. The summed E-state index contributed by atoms with van der Waals surface area (Å²) >= 11 is 5.50. The third kappa shape index (κ3) is 3.47. The number of benzene rings is 1. The van der Waals surface area contributed by atoms with Crippen molar-refractivity contribution in [2.45, 2.75) is 51.5 Å². The Morgan fingerprint density at radius 2 is 1.57 bits per heavy atom. The number of ether oxygens (including phenoxy) is 2. The van der Waals surface area contributed by atoms with Gasteiger partial charge < -0.3 is 14.8 Å². The Bertz CT molecular complexity index is 722. The highest BCUT2D eigenvalue weighted by Gasteiger charge is 2.53. The van der Waals surface area contributed by atoms with Crippen LogP contribution in [0.5, 0.6) is 11.5 Å². The number of thiocarbonyl (C=S) groups is 1. The summed E-state index contributed by atoms with van der Waals surface area (Å²) in [5.74, 6) is 3.27. The molecule has 0 aliphatic heterocycles. The molecule has 4 fully saturated rings. The first-order valence-electron chi connectivity index (χ1n) is 10.3. The Labute approximate surface area is 172 Å². The van der Waals surface area contributed by atoms with Crippen LogP contribution in [0, 0.1) is 23.2 Å². The maximum absolute atomic E-state index is 12.8. The lowest BCUT2D eigenvalue weighted by Crippen LogP contribution is -2.57. The van der Waals surface area contributed by atoms with Crippen LogP contribution >= 0.6 is 12.2 Å². The monoisotopic (exact) mass is 402 g/mol. The highest BCUT2D eigenvalue weighted by molar-refractivity contribution is 7.80. The topological polar surface area (TPSA) is 59.6 Å². The molecule has 152 valence electrons. The molecule has 5 rings (SSSR count). The molecule has 1 atom stereocenters. The third-order valence-electron chi connectivity index (χ3n) is 7.23. The van der Waals surface area contributed by atoms with E-state index in [4.69, 9.17) is 21.7 Å². The van der Waals surface area contributed by atoms with Crippen molar-refractivity contribution in [1.29, 1.82) is 0 Å². The Balaban J connectivity index is 1.43. The molecule has 0 radical (unpaired) electrons. The molecule has 0 heterocycles. The zero-order valence-corrected chi connectivity index (χ0v) is 17.7. The Morgan fingerprint density at radius 1 is 1.07 bits per heavy atom. The van der Waals surface area contributed by atoms with Gasteiger partial charge in [0.2, 0.25) is 0 Å². The minimum absolute atomic E-state index is 0.258. The van der Waals surface area contributed by atoms with Crippen molar-refractivity contribution in [3.8, 4) is 11.5 Å². The zero-order chi connectivity index (χ0) is 19.9. The smallest absolute Gasteiger partial charge is 0.264 e. The van der Waals surface area contributed by atoms with Gasteiger partial charge in [-0.15, -0.1) is 0 Å². The molecule has 1 amide bonds. The molecule has 0 saturated heterocycles. The predicted octanol–water partition coefficient (Wildman–Crippen LogP) is 3.91. The van der Waals surface area contributed by atoms with E-state index in [0.29, 0.717) is 27.6 Å². The second-order valence-corrected chi connectivity index (χ2v) is 9.37. The number of nitrogens with one attached hydrogen (secondary N) is 2. The minimum atomic E-state index is -0.315. The van der Waals surface area contributed by atoms with Crippen molar-refractivity contribution < 1.29 is 14.3 Å². The van der Waals surface area contributed by atoms with Crippen molar-refractivity contribution in [3.05, 3.63) is 23.8 Å². The maximum atomic E-state index is 12.8. The van der Waals surface area contributed by atoms with Crippen molar-refractivity contribution in [3.63, 3.8) is 0 Å². The van der Waals surface area contributed by atoms with E-state index in [0.717, 1.165) is 17.8 Å². The zero-order valence-electron chi connectivity index (χ0n) is 16.9. The first-order chi connectivity index (χ1) is 13.4. The lowest BCUT2D eigenvalue weighted by Gasteiger charge is -2.59. The lowest BCUT2D eigenvalue weighted by molar-refractivity contribution is -0.0672. The summed E-state index contributed by atoms with van der Waals surface area (Å²) in [5.41, 5.74) is 0.685. The van der Waals surface area contributed by atoms with E-state index in [2.05, 4.69) is 17.6 Å². The number of rotatable bonds is 5. The normalized spacial score (nSPS) is 31.2. The average Bonchev–Trinajstić information content (AvgIpc) is 2.65. The SMILES string of the molecule is COc1cccc(OC)c1C(=O)NC(=S)N[C@@H](C)C12CC3CC(CC(C3)C1)C2. The molecule has 1 aromatic carbocycles. The van der Waals surface area contributed by atoms with Gasteiger partial charge in [-0.05, 0) is 93.0 Å². The number of carbonyl (C=O) groups excluding carboxylic acids is 1. The van der Waals surface area contributed by atoms with Gasteiger partial charge in [0.25, 0.3) is 5.91 Å². The Hall–Kier alpha value is -1.82. The largest absolute Gasteiger partial charge is 0.496 e. The summed E-state index contributed by atoms with van der Waals surface area (Å²) in [6.07, 6.45) is 8.14. The number of carbonyl (C=O) groups is 1. The molecule has 0 unspecified atom stereocenters. The molecule has 5 nitrogen and oxygen atoms in total. The van der Waals surface area contributed by atoms with Gasteiger partial charge in [0.1, 0.15) is 17.1 Å². The van der Waals surface area contributed by atoms with Crippen LogP contribution in [-0.2, 0) is 0 Å². The molecule has 6 heteroatoms. The van der Waals surface area contributed by atoms with Crippen molar-refractivity contribution in [1.82, 2.24) is 10.6 Å². The quantitative estimate of drug-likeness (QED) is 0.731. The molecular formula is C22H30N2O3S. The van der Waals surface area contributed by atoms with E-state index in [1.54, 1.807) is 18.2 Å². The summed E-state index contributed by atoms with van der Waals surface area (Å²) < 4.78 is 10.7. The fourth-order valence-electron chi connectivity index (χ4n) is 6.33. The van der Waals surface area contributed by atoms with Crippen LogP contribution < -0.4 is 20.1 Å². The van der Waals surface area contributed by atoms with Gasteiger partial charge in [-0.25, -0.2) is 0 Å². The minimum Gasteiger partial charge on any atom is -0.496 e. The van der Waals surface area contributed by atoms with E-state index in [1.165, 1.54) is 52.7 Å². The third-order valence-corrected chi connectivity index (χ3v) is 7.45. The molecule has 4 aliphatic carbocycles. The second kappa shape index (κ2) is 7.54. The number of methoxy groups -OCH3 is 2. The lowest BCUT2D eigenvalue weighted by atomic mass is 9.48. The molecule has 1 aromatic rings. The van der Waals surface area contributed by atoms with Gasteiger partial charge in [0, 0.05) is 6.04 Å². The number of hydrogen-bond acceptors (Lipinski definition) is 4. The fourth-order valence-corrected chi connectivity index (χ4v) is 6.60. The highest BCUT2D eigenvalue weighted by Crippen LogP contribution is 2.61. The first-order valence-corrected chi connectivity index (χ1v) is 10.7. The van der Waals surface area contributed by atoms with Gasteiger partial charge in [0.15, 0.2) is 5.11 Å². The summed E-state index contributed by atoms with van der Waals surface area (Å²) in [4.78, 5) is 12.8. The molecule has 4 aliphatic rings. The summed E-state index contributed by atoms with van der Waals surface area (Å²) in [7, 11) is 3.08. The Morgan fingerprint density at radius 3 is 2.04 bits per heavy atom. The van der Waals surface area contributed by atoms with Crippen molar-refractivity contribution in [2.75, 3.05) is 14.2 Å². The molecule has 4 bridgehead atoms. The van der Waals surface area contributed by atoms with Crippen LogP contribution in [-0.4, -0.2) is 31.3 Å². The van der Waals surface area contributed by atoms with Crippen LogP contribution in [0.4, 0.5) is 0 Å². The Kier molecular flexibility index (Phi) is 5.25. The van der Waals surface area contributed by atoms with Gasteiger partial charge >= 0.3 is 0 Å². The molecule has 4 saturated carbocycles. The molecule has 0 spiro atoms. The highest BCUT2D eigenvalue weighted by atomic mass is 32.1. The molecule has 2 N–H and O–H groups in total. The predicted molar refractivity (Wildman–Crippen MR) is 113 cm³/mol. The van der Waals surface area contributed by atoms with Gasteiger partial charge in [-0.2, -0.15) is 0 Å². The van der Waals surface area contributed by atoms with Crippen LogP contribution in [0.1, 0.15) is 55.8 Å². The number of hydrogen-bond donors (Lipinski definition) is 2. The maximum Gasteiger partial charge on any atom is 0.264 e. The molecular weight excluding hydrogens is 372 g/mol. The van der Waals surface area contributed by atoms with Crippen molar-refractivity contribution >= 4 is 23.2 Å². The van der Waals surface area contributed by atoms with E-state index in [-0.39, 0.29) is 11.9 Å². The van der Waals surface area contributed by atoms with Gasteiger partial charge in [0.05, 0.1) is 14.2 Å². The summed E-state index contributed by atoms with van der Waals surface area (Å²) in [6, 6.07) is 5.53. The van der Waals surface area contributed by atoms with Crippen LogP contribution in [0.25, 0.3) is 0 Å². The van der Waals surface area contributed by atoms with Gasteiger partial charge in [-0.3, -0.25) is 10.1 Å². The number of amides is 1. The van der Waals surface area contributed by atoms with Gasteiger partial charge in [-0.1, -0.05) is 6.07 Å². The van der Waals surface area contributed by atoms with Crippen LogP contribution in [0.2, 0.25) is 0 Å². The first kappa shape index (κ1) is 19.5. The average molecular weight is 403 g/mol. The summed E-state index contributed by atoms with van der Waals surface area (Å²) in [6.45, 7) is 2.23. The van der Waals surface area contributed by atoms with Crippen LogP contribution in [0.15, 0.2) is 18.2 Å². The van der Waals surface area contributed by atoms with E-state index < -0.39 is 0 Å². The van der Waals surface area contributed by atoms with E-state index >= 15 is 0 Å². The fraction of sp³-hybridized carbons (Fsp3) is 0.636. The van der Waals surface area contributed by atoms with Crippen LogP contribution in [0.3, 0.4) is 0 Å². The summed E-state index contributed by atoms with van der Waals surface area (Å²) in [5, 5.41) is 6.64. The second-order valence-electron chi connectivity index (χ2n) is 8.97.